The van der Waals surface area contributed by atoms with Crippen LogP contribution in [0.2, 0.25) is 0 Å². The summed E-state index contributed by atoms with van der Waals surface area (Å²) in [6, 6.07) is 11.4. The molecule has 0 aromatic heterocycles. The number of hydrogen-bond donors (Lipinski definition) is 0. The minimum absolute atomic E-state index is 0.164. The van der Waals surface area contributed by atoms with Gasteiger partial charge in [0.05, 0.1) is 10.5 Å². The third-order valence-electron chi connectivity index (χ3n) is 5.21. The average molecular weight is 468 g/mol. The monoisotopic (exact) mass is 467 g/mol. The van der Waals surface area contributed by atoms with Gasteiger partial charge in [-0.1, -0.05) is 18.2 Å². The molecule has 0 saturated carbocycles. The van der Waals surface area contributed by atoms with Crippen LogP contribution in [0.3, 0.4) is 0 Å². The summed E-state index contributed by atoms with van der Waals surface area (Å²) in [6.45, 7) is 1.63. The van der Waals surface area contributed by atoms with E-state index in [0.717, 1.165) is 16.4 Å². The number of carbonyl (C=O) groups excluding carboxylic acids is 1. The minimum Gasteiger partial charge on any atom is -0.368 e. The lowest BCUT2D eigenvalue weighted by Crippen LogP contribution is -2.48. The Bertz CT molecular complexity index is 1090. The molecule has 0 unspecified atom stereocenters. The standard InChI is InChI=1S/C22H24F3N3O3S/c1-26(2)32(30,31)20-9-6-17(7-10-20)8-11-21(29)28-14-12-27(13-15-28)19-5-3-4-18(16-19)22(23,24)25/h3-11,16H,12-15H2,1-2H3/b11-8+. The van der Waals surface area contributed by atoms with Gasteiger partial charge in [0.15, 0.2) is 0 Å². The molecule has 2 aromatic rings. The smallest absolute Gasteiger partial charge is 0.368 e. The van der Waals surface area contributed by atoms with Gasteiger partial charge >= 0.3 is 6.18 Å². The van der Waals surface area contributed by atoms with Crippen molar-refractivity contribution in [1.29, 1.82) is 0 Å². The molecule has 1 heterocycles. The summed E-state index contributed by atoms with van der Waals surface area (Å²) >= 11 is 0. The van der Waals surface area contributed by atoms with Crippen LogP contribution in [-0.4, -0.2) is 63.8 Å². The first-order valence-corrected chi connectivity index (χ1v) is 11.3. The topological polar surface area (TPSA) is 60.9 Å². The van der Waals surface area contributed by atoms with E-state index < -0.39 is 21.8 Å². The minimum atomic E-state index is -4.40. The molecule has 172 valence electrons. The number of hydrogen-bond acceptors (Lipinski definition) is 4. The van der Waals surface area contributed by atoms with Crippen LogP contribution in [0.15, 0.2) is 59.5 Å². The molecule has 6 nitrogen and oxygen atoms in total. The third-order valence-corrected chi connectivity index (χ3v) is 7.04. The SMILES string of the molecule is CN(C)S(=O)(=O)c1ccc(/C=C/C(=O)N2CCN(c3cccc(C(F)(F)F)c3)CC2)cc1. The molecule has 0 atom stereocenters. The highest BCUT2D eigenvalue weighted by molar-refractivity contribution is 7.89. The lowest BCUT2D eigenvalue weighted by molar-refractivity contribution is -0.137. The Morgan fingerprint density at radius 3 is 2.19 bits per heavy atom. The number of amides is 1. The van der Waals surface area contributed by atoms with E-state index >= 15 is 0 Å². The average Bonchev–Trinajstić information content (AvgIpc) is 2.77. The van der Waals surface area contributed by atoms with E-state index in [1.165, 1.54) is 38.4 Å². The van der Waals surface area contributed by atoms with Crippen molar-refractivity contribution in [2.45, 2.75) is 11.1 Å². The lowest BCUT2D eigenvalue weighted by atomic mass is 10.1. The lowest BCUT2D eigenvalue weighted by Gasteiger charge is -2.35. The molecule has 2 aromatic carbocycles. The first-order valence-electron chi connectivity index (χ1n) is 9.90. The second kappa shape index (κ2) is 9.33. The van der Waals surface area contributed by atoms with E-state index in [0.29, 0.717) is 37.4 Å². The van der Waals surface area contributed by atoms with Crippen molar-refractivity contribution in [3.63, 3.8) is 0 Å². The van der Waals surface area contributed by atoms with Crippen molar-refractivity contribution in [1.82, 2.24) is 9.21 Å². The summed E-state index contributed by atoms with van der Waals surface area (Å²) in [7, 11) is -0.608. The molecular weight excluding hydrogens is 443 g/mol. The summed E-state index contributed by atoms with van der Waals surface area (Å²) in [6.07, 6.45) is -1.38. The van der Waals surface area contributed by atoms with Crippen LogP contribution in [0.5, 0.6) is 0 Å². The highest BCUT2D eigenvalue weighted by atomic mass is 32.2. The van der Waals surface area contributed by atoms with Gasteiger partial charge in [-0.05, 0) is 42.0 Å². The van der Waals surface area contributed by atoms with Crippen molar-refractivity contribution >= 4 is 27.7 Å². The Labute approximate surface area is 185 Å². The Morgan fingerprint density at radius 2 is 1.62 bits per heavy atom. The molecule has 32 heavy (non-hydrogen) atoms. The molecule has 1 amide bonds. The van der Waals surface area contributed by atoms with E-state index in [1.807, 2.05) is 4.90 Å². The largest absolute Gasteiger partial charge is 0.416 e. The first-order chi connectivity index (χ1) is 15.0. The summed E-state index contributed by atoms with van der Waals surface area (Å²) in [5, 5.41) is 0. The molecule has 1 aliphatic heterocycles. The van der Waals surface area contributed by atoms with E-state index in [-0.39, 0.29) is 10.8 Å². The Morgan fingerprint density at radius 1 is 1.00 bits per heavy atom. The molecule has 1 aliphatic rings. The van der Waals surface area contributed by atoms with Crippen molar-refractivity contribution < 1.29 is 26.4 Å². The second-order valence-corrected chi connectivity index (χ2v) is 9.70. The predicted octanol–water partition coefficient (Wildman–Crippen LogP) is 3.32. The number of alkyl halides is 3. The number of rotatable bonds is 5. The molecule has 1 saturated heterocycles. The molecule has 0 radical (unpaired) electrons. The van der Waals surface area contributed by atoms with Gasteiger partial charge < -0.3 is 9.80 Å². The summed E-state index contributed by atoms with van der Waals surface area (Å²) < 4.78 is 64.1. The molecule has 0 spiro atoms. The van der Waals surface area contributed by atoms with Gasteiger partial charge in [0.2, 0.25) is 15.9 Å². The van der Waals surface area contributed by atoms with Gasteiger partial charge in [-0.25, -0.2) is 12.7 Å². The number of anilines is 1. The van der Waals surface area contributed by atoms with E-state index in [4.69, 9.17) is 0 Å². The fourth-order valence-corrected chi connectivity index (χ4v) is 4.20. The zero-order chi connectivity index (χ0) is 23.5. The molecule has 10 heteroatoms. The van der Waals surface area contributed by atoms with Crippen molar-refractivity contribution in [2.24, 2.45) is 0 Å². The van der Waals surface area contributed by atoms with Gasteiger partial charge in [-0.15, -0.1) is 0 Å². The fourth-order valence-electron chi connectivity index (χ4n) is 3.30. The molecule has 0 bridgehead atoms. The van der Waals surface area contributed by atoms with Crippen LogP contribution < -0.4 is 4.90 Å². The molecular formula is C22H24F3N3O3S. The van der Waals surface area contributed by atoms with Crippen molar-refractivity contribution in [3.8, 4) is 0 Å². The number of benzene rings is 2. The maximum atomic E-state index is 12.9. The first kappa shape index (κ1) is 23.8. The van der Waals surface area contributed by atoms with Gasteiger partial charge in [0, 0.05) is 52.0 Å². The van der Waals surface area contributed by atoms with Crippen LogP contribution in [-0.2, 0) is 21.0 Å². The van der Waals surface area contributed by atoms with Crippen LogP contribution in [0, 0.1) is 0 Å². The molecule has 0 N–H and O–H groups in total. The zero-order valence-electron chi connectivity index (χ0n) is 17.7. The maximum Gasteiger partial charge on any atom is 0.416 e. The van der Waals surface area contributed by atoms with Crippen LogP contribution in [0.4, 0.5) is 18.9 Å². The normalized spacial score (nSPS) is 15.6. The molecule has 3 rings (SSSR count). The van der Waals surface area contributed by atoms with Gasteiger partial charge in [-0.2, -0.15) is 13.2 Å². The third kappa shape index (κ3) is 5.49. The molecule has 0 aliphatic carbocycles. The number of carbonyl (C=O) groups is 1. The van der Waals surface area contributed by atoms with E-state index in [9.17, 15) is 26.4 Å². The zero-order valence-corrected chi connectivity index (χ0v) is 18.5. The van der Waals surface area contributed by atoms with Gasteiger partial charge in [0.25, 0.3) is 0 Å². The number of piperazine rings is 1. The Kier molecular flexibility index (Phi) is 6.94. The van der Waals surface area contributed by atoms with Crippen LogP contribution >= 0.6 is 0 Å². The summed E-state index contributed by atoms with van der Waals surface area (Å²) in [5.41, 5.74) is 0.467. The maximum absolute atomic E-state index is 12.9. The summed E-state index contributed by atoms with van der Waals surface area (Å²) in [4.78, 5) is 16.1. The quantitative estimate of drug-likeness (QED) is 0.633. The number of halogens is 3. The number of sulfonamides is 1. The van der Waals surface area contributed by atoms with Gasteiger partial charge in [-0.3, -0.25) is 4.79 Å². The van der Waals surface area contributed by atoms with Gasteiger partial charge in [0.1, 0.15) is 0 Å². The van der Waals surface area contributed by atoms with E-state index in [1.54, 1.807) is 29.2 Å². The highest BCUT2D eigenvalue weighted by Gasteiger charge is 2.31. The van der Waals surface area contributed by atoms with Crippen molar-refractivity contribution in [3.05, 3.63) is 65.7 Å². The Balaban J connectivity index is 1.59. The van der Waals surface area contributed by atoms with Crippen molar-refractivity contribution in [2.75, 3.05) is 45.2 Å². The fraction of sp³-hybridized carbons (Fsp3) is 0.318. The van der Waals surface area contributed by atoms with Crippen LogP contribution in [0.1, 0.15) is 11.1 Å². The summed E-state index contributed by atoms with van der Waals surface area (Å²) in [5.74, 6) is -0.210. The predicted molar refractivity (Wildman–Crippen MR) is 117 cm³/mol. The van der Waals surface area contributed by atoms with E-state index in [2.05, 4.69) is 0 Å². The second-order valence-electron chi connectivity index (χ2n) is 7.55. The molecule has 1 fully saturated rings. The highest BCUT2D eigenvalue weighted by Crippen LogP contribution is 2.31. The Hall–Kier alpha value is -2.85. The number of nitrogens with zero attached hydrogens (tertiary/aromatic N) is 3. The van der Waals surface area contributed by atoms with Crippen LogP contribution in [0.25, 0.3) is 6.08 Å².